The third-order valence-corrected chi connectivity index (χ3v) is 3.92. The predicted molar refractivity (Wildman–Crippen MR) is 80.9 cm³/mol. The molecule has 104 valence electrons. The van der Waals surface area contributed by atoms with E-state index in [2.05, 4.69) is 34.4 Å². The Morgan fingerprint density at radius 2 is 2.16 bits per heavy atom. The van der Waals surface area contributed by atoms with Gasteiger partial charge in [-0.2, -0.15) is 4.98 Å². The van der Waals surface area contributed by atoms with Crippen LogP contribution in [0.25, 0.3) is 10.2 Å². The predicted octanol–water partition coefficient (Wildman–Crippen LogP) is 2.55. The number of aromatic nitrogens is 2. The fraction of sp³-hybridized carbons (Fsp3) is 0.538. The standard InChI is InChI=1S/C13H20N4OS/c1-8(2)10(4-6-18)15-11-9-5-7-19-12(9)17-13(14-3)16-11/h5,7-8,10,18H,4,6H2,1-3H3,(H2,14,15,16,17). The Labute approximate surface area is 117 Å². The highest BCUT2D eigenvalue weighted by Crippen LogP contribution is 2.27. The van der Waals surface area contributed by atoms with Crippen LogP contribution in [-0.2, 0) is 0 Å². The molecule has 2 aromatic rings. The molecule has 5 nitrogen and oxygen atoms in total. The van der Waals surface area contributed by atoms with Crippen LogP contribution in [0, 0.1) is 5.92 Å². The molecule has 0 aliphatic heterocycles. The van der Waals surface area contributed by atoms with Crippen LogP contribution in [0.3, 0.4) is 0 Å². The Morgan fingerprint density at radius 3 is 2.79 bits per heavy atom. The van der Waals surface area contributed by atoms with Gasteiger partial charge < -0.3 is 15.7 Å². The van der Waals surface area contributed by atoms with E-state index < -0.39 is 0 Å². The van der Waals surface area contributed by atoms with E-state index in [0.717, 1.165) is 16.0 Å². The second kappa shape index (κ2) is 6.16. The van der Waals surface area contributed by atoms with Gasteiger partial charge in [0.05, 0.1) is 5.39 Å². The number of hydrogen-bond donors (Lipinski definition) is 3. The molecule has 0 saturated carbocycles. The van der Waals surface area contributed by atoms with Crippen molar-refractivity contribution in [3.63, 3.8) is 0 Å². The summed E-state index contributed by atoms with van der Waals surface area (Å²) in [6.07, 6.45) is 0.711. The molecule has 0 bridgehead atoms. The summed E-state index contributed by atoms with van der Waals surface area (Å²) in [5, 5.41) is 18.6. The number of nitrogens with one attached hydrogen (secondary N) is 2. The highest BCUT2D eigenvalue weighted by molar-refractivity contribution is 7.16. The van der Waals surface area contributed by atoms with Gasteiger partial charge in [-0.05, 0) is 23.8 Å². The van der Waals surface area contributed by atoms with Crippen LogP contribution in [0.15, 0.2) is 11.4 Å². The molecule has 0 spiro atoms. The summed E-state index contributed by atoms with van der Waals surface area (Å²) in [6, 6.07) is 2.23. The topological polar surface area (TPSA) is 70.1 Å². The molecule has 0 fully saturated rings. The van der Waals surface area contributed by atoms with Crippen LogP contribution < -0.4 is 10.6 Å². The quantitative estimate of drug-likeness (QED) is 0.758. The monoisotopic (exact) mass is 280 g/mol. The lowest BCUT2D eigenvalue weighted by Crippen LogP contribution is -2.27. The van der Waals surface area contributed by atoms with E-state index in [1.165, 1.54) is 0 Å². The fourth-order valence-corrected chi connectivity index (χ4v) is 2.73. The molecule has 0 aliphatic carbocycles. The van der Waals surface area contributed by atoms with E-state index in [9.17, 15) is 0 Å². The van der Waals surface area contributed by atoms with Crippen LogP contribution in [0.2, 0.25) is 0 Å². The lowest BCUT2D eigenvalue weighted by atomic mass is 10.0. The number of fused-ring (bicyclic) bond motifs is 1. The van der Waals surface area contributed by atoms with Crippen molar-refractivity contribution in [2.24, 2.45) is 5.92 Å². The van der Waals surface area contributed by atoms with Gasteiger partial charge in [-0.25, -0.2) is 4.98 Å². The van der Waals surface area contributed by atoms with E-state index in [1.54, 1.807) is 11.3 Å². The third kappa shape index (κ3) is 3.13. The van der Waals surface area contributed by atoms with E-state index in [0.29, 0.717) is 18.3 Å². The number of anilines is 2. The molecule has 0 radical (unpaired) electrons. The minimum absolute atomic E-state index is 0.173. The minimum Gasteiger partial charge on any atom is -0.396 e. The Balaban J connectivity index is 2.34. The van der Waals surface area contributed by atoms with Gasteiger partial charge in [-0.15, -0.1) is 11.3 Å². The normalized spacial score (nSPS) is 12.9. The fourth-order valence-electron chi connectivity index (χ4n) is 1.96. The molecular weight excluding hydrogens is 260 g/mol. The summed E-state index contributed by atoms with van der Waals surface area (Å²) >= 11 is 1.60. The van der Waals surface area contributed by atoms with Gasteiger partial charge in [0.1, 0.15) is 10.6 Å². The SMILES string of the molecule is CNc1nc(NC(CCO)C(C)C)c2ccsc2n1. The lowest BCUT2D eigenvalue weighted by molar-refractivity contribution is 0.267. The first-order valence-corrected chi connectivity index (χ1v) is 7.34. The van der Waals surface area contributed by atoms with E-state index in [-0.39, 0.29) is 12.6 Å². The number of aliphatic hydroxyl groups is 1. The second-order valence-corrected chi connectivity index (χ2v) is 5.69. The zero-order valence-electron chi connectivity index (χ0n) is 11.5. The van der Waals surface area contributed by atoms with E-state index >= 15 is 0 Å². The van der Waals surface area contributed by atoms with E-state index in [4.69, 9.17) is 5.11 Å². The van der Waals surface area contributed by atoms with Crippen molar-refractivity contribution in [2.75, 3.05) is 24.3 Å². The third-order valence-electron chi connectivity index (χ3n) is 3.12. The zero-order chi connectivity index (χ0) is 13.8. The number of rotatable bonds is 6. The molecule has 3 N–H and O–H groups in total. The molecular formula is C13H20N4OS. The van der Waals surface area contributed by atoms with Crippen molar-refractivity contribution in [3.8, 4) is 0 Å². The molecule has 1 unspecified atom stereocenters. The van der Waals surface area contributed by atoms with Crippen LogP contribution in [-0.4, -0.2) is 34.8 Å². The Kier molecular flexibility index (Phi) is 4.55. The van der Waals surface area contributed by atoms with Crippen LogP contribution >= 0.6 is 11.3 Å². The van der Waals surface area contributed by atoms with Crippen molar-refractivity contribution in [2.45, 2.75) is 26.3 Å². The summed E-state index contributed by atoms with van der Waals surface area (Å²) in [5.74, 6) is 1.88. The molecule has 1 atom stereocenters. The second-order valence-electron chi connectivity index (χ2n) is 4.79. The highest BCUT2D eigenvalue weighted by Gasteiger charge is 2.16. The smallest absolute Gasteiger partial charge is 0.225 e. The Bertz CT molecular complexity index is 540. The molecule has 2 aromatic heterocycles. The van der Waals surface area contributed by atoms with Gasteiger partial charge in [0.15, 0.2) is 0 Å². The molecule has 6 heteroatoms. The summed E-state index contributed by atoms with van der Waals surface area (Å²) in [5.41, 5.74) is 0. The average molecular weight is 280 g/mol. The number of hydrogen-bond acceptors (Lipinski definition) is 6. The molecule has 0 amide bonds. The van der Waals surface area contributed by atoms with Gasteiger partial charge in [0, 0.05) is 19.7 Å². The maximum atomic E-state index is 9.15. The van der Waals surface area contributed by atoms with Gasteiger partial charge in [-0.3, -0.25) is 0 Å². The first-order chi connectivity index (χ1) is 9.15. The van der Waals surface area contributed by atoms with Crippen molar-refractivity contribution in [1.82, 2.24) is 9.97 Å². The summed E-state index contributed by atoms with van der Waals surface area (Å²) in [6.45, 7) is 4.45. The van der Waals surface area contributed by atoms with Crippen LogP contribution in [0.5, 0.6) is 0 Å². The number of aliphatic hydroxyl groups excluding tert-OH is 1. The molecule has 0 saturated heterocycles. The molecule has 2 rings (SSSR count). The summed E-state index contributed by atoms with van der Waals surface area (Å²) in [4.78, 5) is 9.87. The average Bonchev–Trinajstić information content (AvgIpc) is 2.86. The van der Waals surface area contributed by atoms with E-state index in [1.807, 2.05) is 18.5 Å². The first-order valence-electron chi connectivity index (χ1n) is 6.46. The Hall–Kier alpha value is -1.40. The van der Waals surface area contributed by atoms with Crippen molar-refractivity contribution in [3.05, 3.63) is 11.4 Å². The lowest BCUT2D eigenvalue weighted by Gasteiger charge is -2.22. The molecule has 19 heavy (non-hydrogen) atoms. The maximum absolute atomic E-state index is 9.15. The van der Waals surface area contributed by atoms with Crippen molar-refractivity contribution < 1.29 is 5.11 Å². The largest absolute Gasteiger partial charge is 0.396 e. The first kappa shape index (κ1) is 14.0. The Morgan fingerprint density at radius 1 is 1.37 bits per heavy atom. The van der Waals surface area contributed by atoms with Crippen molar-refractivity contribution >= 4 is 33.3 Å². The van der Waals surface area contributed by atoms with Crippen LogP contribution in [0.4, 0.5) is 11.8 Å². The summed E-state index contributed by atoms with van der Waals surface area (Å²) < 4.78 is 0. The van der Waals surface area contributed by atoms with Gasteiger partial charge in [0.25, 0.3) is 0 Å². The maximum Gasteiger partial charge on any atom is 0.225 e. The number of thiophene rings is 1. The summed E-state index contributed by atoms with van der Waals surface area (Å²) in [7, 11) is 1.81. The zero-order valence-corrected chi connectivity index (χ0v) is 12.3. The van der Waals surface area contributed by atoms with Gasteiger partial charge in [0.2, 0.25) is 5.95 Å². The highest BCUT2D eigenvalue weighted by atomic mass is 32.1. The minimum atomic E-state index is 0.173. The number of nitrogens with zero attached hydrogens (tertiary/aromatic N) is 2. The van der Waals surface area contributed by atoms with Crippen LogP contribution in [0.1, 0.15) is 20.3 Å². The molecule has 0 aromatic carbocycles. The van der Waals surface area contributed by atoms with Gasteiger partial charge in [-0.1, -0.05) is 13.8 Å². The van der Waals surface area contributed by atoms with Crippen molar-refractivity contribution in [1.29, 1.82) is 0 Å². The molecule has 0 aliphatic rings. The molecule has 2 heterocycles. The van der Waals surface area contributed by atoms with Gasteiger partial charge >= 0.3 is 0 Å².